The summed E-state index contributed by atoms with van der Waals surface area (Å²) < 4.78 is 39.2. The van der Waals surface area contributed by atoms with Gasteiger partial charge in [0, 0.05) is 6.54 Å². The molecular weight excluding hydrogens is 206 g/mol. The van der Waals surface area contributed by atoms with Gasteiger partial charge in [-0.2, -0.15) is 8.78 Å². The molecule has 0 saturated carbocycles. The Hall–Kier alpha value is 0.290. The Morgan fingerprint density at radius 3 is 2.27 bits per heavy atom. The summed E-state index contributed by atoms with van der Waals surface area (Å²) in [6.45, 7) is -0.515. The molecule has 70 valence electrons. The molecule has 0 aliphatic carbocycles. The van der Waals surface area contributed by atoms with Crippen molar-refractivity contribution < 1.29 is 17.9 Å². The van der Waals surface area contributed by atoms with Gasteiger partial charge in [0.25, 0.3) is 5.63 Å². The molecule has 0 rings (SSSR count). The van der Waals surface area contributed by atoms with Crippen molar-refractivity contribution in [1.82, 2.24) is 0 Å². The van der Waals surface area contributed by atoms with Crippen molar-refractivity contribution in [2.45, 2.75) is 11.7 Å². The molecule has 2 N–H and O–H groups in total. The second-order valence-corrected chi connectivity index (χ2v) is 1.88. The van der Waals surface area contributed by atoms with Crippen LogP contribution in [0.1, 0.15) is 0 Å². The van der Waals surface area contributed by atoms with Gasteiger partial charge in [0.1, 0.15) is 0 Å². The van der Waals surface area contributed by atoms with Crippen molar-refractivity contribution in [3.05, 3.63) is 0 Å². The SMILES string of the molecule is Cl.NCCOC(F)(F)C(F)Cl. The van der Waals surface area contributed by atoms with Crippen LogP contribution in [-0.2, 0) is 4.74 Å². The third-order valence-corrected chi connectivity index (χ3v) is 0.920. The number of nitrogens with two attached hydrogens (primary N) is 1. The summed E-state index contributed by atoms with van der Waals surface area (Å²) in [4.78, 5) is 0. The van der Waals surface area contributed by atoms with E-state index >= 15 is 0 Å². The standard InChI is InChI=1S/C4H7ClF3NO.ClH/c5-3(6)4(7,8)10-2-1-9;/h3H,1-2,9H2;1H. The summed E-state index contributed by atoms with van der Waals surface area (Å²) >= 11 is 4.42. The quantitative estimate of drug-likeness (QED) is 0.720. The van der Waals surface area contributed by atoms with Crippen molar-refractivity contribution in [3.8, 4) is 0 Å². The first kappa shape index (κ1) is 13.9. The Bertz CT molecular complexity index is 103. The van der Waals surface area contributed by atoms with Gasteiger partial charge in [-0.15, -0.1) is 12.4 Å². The van der Waals surface area contributed by atoms with E-state index in [1.54, 1.807) is 0 Å². The minimum atomic E-state index is -3.93. The molecule has 0 aliphatic rings. The molecule has 0 bridgehead atoms. The first-order valence-corrected chi connectivity index (χ1v) is 2.94. The fourth-order valence-electron chi connectivity index (χ4n) is 0.258. The molecule has 0 saturated heterocycles. The van der Waals surface area contributed by atoms with E-state index in [4.69, 9.17) is 5.73 Å². The van der Waals surface area contributed by atoms with Crippen LogP contribution in [0.15, 0.2) is 0 Å². The summed E-state index contributed by atoms with van der Waals surface area (Å²) in [5.74, 6) is 0. The molecular formula is C4H8Cl2F3NO. The minimum absolute atomic E-state index is 0. The van der Waals surface area contributed by atoms with Gasteiger partial charge in [-0.3, -0.25) is 0 Å². The Morgan fingerprint density at radius 2 is 2.00 bits per heavy atom. The van der Waals surface area contributed by atoms with Gasteiger partial charge in [-0.25, -0.2) is 4.39 Å². The van der Waals surface area contributed by atoms with E-state index in [0.29, 0.717) is 0 Å². The highest BCUT2D eigenvalue weighted by Crippen LogP contribution is 2.25. The van der Waals surface area contributed by atoms with E-state index in [9.17, 15) is 13.2 Å². The largest absolute Gasteiger partial charge is 0.400 e. The fourth-order valence-corrected chi connectivity index (χ4v) is 0.321. The van der Waals surface area contributed by atoms with Crippen molar-refractivity contribution in [2.75, 3.05) is 13.2 Å². The number of hydrogen-bond acceptors (Lipinski definition) is 2. The normalized spacial score (nSPS) is 13.9. The lowest BCUT2D eigenvalue weighted by molar-refractivity contribution is -0.254. The molecule has 2 nitrogen and oxygen atoms in total. The summed E-state index contributed by atoms with van der Waals surface area (Å²) in [6, 6.07) is 0. The average molecular weight is 214 g/mol. The van der Waals surface area contributed by atoms with Gasteiger partial charge >= 0.3 is 6.11 Å². The van der Waals surface area contributed by atoms with E-state index in [-0.39, 0.29) is 19.0 Å². The molecule has 0 aliphatic heterocycles. The molecule has 0 heterocycles. The van der Waals surface area contributed by atoms with Crippen molar-refractivity contribution in [2.24, 2.45) is 5.73 Å². The van der Waals surface area contributed by atoms with Crippen LogP contribution >= 0.6 is 24.0 Å². The molecule has 0 radical (unpaired) electrons. The number of halogens is 5. The van der Waals surface area contributed by atoms with Crippen LogP contribution in [0.25, 0.3) is 0 Å². The Balaban J connectivity index is 0. The summed E-state index contributed by atoms with van der Waals surface area (Å²) in [5.41, 5.74) is 1.99. The lowest BCUT2D eigenvalue weighted by Gasteiger charge is -2.15. The van der Waals surface area contributed by atoms with Crippen LogP contribution in [0.5, 0.6) is 0 Å². The summed E-state index contributed by atoms with van der Waals surface area (Å²) in [7, 11) is 0. The summed E-state index contributed by atoms with van der Waals surface area (Å²) in [6.07, 6.45) is -3.93. The van der Waals surface area contributed by atoms with E-state index in [0.717, 1.165) is 0 Å². The lowest BCUT2D eigenvalue weighted by atomic mass is 10.6. The number of alkyl halides is 4. The maximum atomic E-state index is 11.9. The first-order valence-electron chi connectivity index (χ1n) is 2.50. The van der Waals surface area contributed by atoms with Crippen molar-refractivity contribution in [1.29, 1.82) is 0 Å². The molecule has 0 aromatic heterocycles. The highest BCUT2D eigenvalue weighted by molar-refractivity contribution is 6.20. The summed E-state index contributed by atoms with van der Waals surface area (Å²) in [5, 5.41) is 0. The molecule has 0 amide bonds. The Morgan fingerprint density at radius 1 is 1.55 bits per heavy atom. The van der Waals surface area contributed by atoms with Crippen molar-refractivity contribution in [3.63, 3.8) is 0 Å². The maximum absolute atomic E-state index is 11.9. The highest BCUT2D eigenvalue weighted by Gasteiger charge is 2.39. The van der Waals surface area contributed by atoms with Gasteiger partial charge in [0.15, 0.2) is 0 Å². The van der Waals surface area contributed by atoms with Crippen LogP contribution in [0.4, 0.5) is 13.2 Å². The molecule has 7 heteroatoms. The zero-order valence-corrected chi connectivity index (χ0v) is 6.97. The number of rotatable bonds is 4. The fraction of sp³-hybridized carbons (Fsp3) is 1.00. The number of ether oxygens (including phenoxy) is 1. The highest BCUT2D eigenvalue weighted by atomic mass is 35.5. The van der Waals surface area contributed by atoms with Crippen LogP contribution in [-0.4, -0.2) is 24.9 Å². The zero-order chi connectivity index (χ0) is 8.20. The zero-order valence-electron chi connectivity index (χ0n) is 5.40. The molecule has 1 atom stereocenters. The maximum Gasteiger partial charge on any atom is 0.400 e. The monoisotopic (exact) mass is 213 g/mol. The van der Waals surface area contributed by atoms with Gasteiger partial charge in [0.05, 0.1) is 6.61 Å². The first-order chi connectivity index (χ1) is 4.50. The second-order valence-electron chi connectivity index (χ2n) is 1.50. The lowest BCUT2D eigenvalue weighted by Crippen LogP contribution is -2.31. The Labute approximate surface area is 73.2 Å². The third-order valence-electron chi connectivity index (χ3n) is 0.666. The molecule has 0 spiro atoms. The topological polar surface area (TPSA) is 35.2 Å². The Kier molecular flexibility index (Phi) is 7.40. The predicted octanol–water partition coefficient (Wildman–Crippen LogP) is 1.51. The van der Waals surface area contributed by atoms with Crippen LogP contribution < -0.4 is 5.73 Å². The number of hydrogen-bond donors (Lipinski definition) is 1. The molecule has 1 unspecified atom stereocenters. The van der Waals surface area contributed by atoms with E-state index < -0.39 is 18.3 Å². The van der Waals surface area contributed by atoms with Gasteiger partial charge in [-0.1, -0.05) is 11.6 Å². The molecule has 11 heavy (non-hydrogen) atoms. The second kappa shape index (κ2) is 5.88. The molecule has 0 aromatic rings. The molecule has 0 fully saturated rings. The third kappa shape index (κ3) is 5.55. The van der Waals surface area contributed by atoms with Gasteiger partial charge in [-0.05, 0) is 0 Å². The van der Waals surface area contributed by atoms with E-state index in [1.807, 2.05) is 0 Å². The van der Waals surface area contributed by atoms with Crippen LogP contribution in [0.2, 0.25) is 0 Å². The van der Waals surface area contributed by atoms with Crippen LogP contribution in [0, 0.1) is 0 Å². The van der Waals surface area contributed by atoms with E-state index in [1.165, 1.54) is 0 Å². The molecule has 0 aromatic carbocycles. The van der Waals surface area contributed by atoms with Gasteiger partial charge < -0.3 is 10.5 Å². The van der Waals surface area contributed by atoms with Crippen LogP contribution in [0.3, 0.4) is 0 Å². The smallest absolute Gasteiger partial charge is 0.328 e. The minimum Gasteiger partial charge on any atom is -0.328 e. The van der Waals surface area contributed by atoms with E-state index in [2.05, 4.69) is 16.3 Å². The van der Waals surface area contributed by atoms with Crippen molar-refractivity contribution >= 4 is 24.0 Å². The predicted molar refractivity (Wildman–Crippen MR) is 38.0 cm³/mol. The van der Waals surface area contributed by atoms with Gasteiger partial charge in [0.2, 0.25) is 0 Å². The average Bonchev–Trinajstić information content (AvgIpc) is 1.84.